The Bertz CT molecular complexity index is 512. The summed E-state index contributed by atoms with van der Waals surface area (Å²) < 4.78 is 0. The molecule has 0 aromatic heterocycles. The van der Waals surface area contributed by atoms with Crippen LogP contribution in [0.3, 0.4) is 0 Å². The molecule has 5 atom stereocenters. The van der Waals surface area contributed by atoms with Gasteiger partial charge in [0, 0.05) is 6.42 Å². The van der Waals surface area contributed by atoms with Crippen molar-refractivity contribution in [2.75, 3.05) is 0 Å². The molecule has 22 heavy (non-hydrogen) atoms. The van der Waals surface area contributed by atoms with Crippen LogP contribution in [0.5, 0.6) is 0 Å². The van der Waals surface area contributed by atoms with Gasteiger partial charge >= 0.3 is 0 Å². The van der Waals surface area contributed by atoms with Crippen molar-refractivity contribution in [2.24, 2.45) is 28.6 Å². The molecular weight excluding hydrogens is 266 g/mol. The fraction of sp³-hybridized carbons (Fsp3) is 0.857. The molecule has 0 unspecified atom stereocenters. The maximum absolute atomic E-state index is 9.08. The van der Waals surface area contributed by atoms with Gasteiger partial charge in [0.05, 0.1) is 6.07 Å². The quantitative estimate of drug-likeness (QED) is 0.572. The van der Waals surface area contributed by atoms with E-state index >= 15 is 0 Å². The van der Waals surface area contributed by atoms with Crippen LogP contribution < -0.4 is 0 Å². The molecule has 3 saturated carbocycles. The third-order valence-corrected chi connectivity index (χ3v) is 8.28. The zero-order valence-electron chi connectivity index (χ0n) is 14.2. The Balaban J connectivity index is 1.64. The van der Waals surface area contributed by atoms with Crippen LogP contribution in [0, 0.1) is 39.9 Å². The Morgan fingerprint density at radius 3 is 2.91 bits per heavy atom. The van der Waals surface area contributed by atoms with Crippen molar-refractivity contribution in [1.82, 2.24) is 0 Å². The molecule has 4 rings (SSSR count). The molecule has 0 N–H and O–H groups in total. The largest absolute Gasteiger partial charge is 0.198 e. The Labute approximate surface area is 136 Å². The second-order valence-corrected chi connectivity index (χ2v) is 8.92. The number of nitrogens with zero attached hydrogens (tertiary/aromatic N) is 1. The van der Waals surface area contributed by atoms with Crippen molar-refractivity contribution in [2.45, 2.75) is 84.0 Å². The smallest absolute Gasteiger partial charge is 0.0621 e. The van der Waals surface area contributed by atoms with Crippen LogP contribution in [0.1, 0.15) is 84.0 Å². The predicted molar refractivity (Wildman–Crippen MR) is 90.1 cm³/mol. The maximum Gasteiger partial charge on any atom is 0.0621 e. The van der Waals surface area contributed by atoms with Crippen LogP contribution in [-0.4, -0.2) is 0 Å². The first-order valence-corrected chi connectivity index (χ1v) is 9.76. The molecule has 1 heteroatoms. The number of hydrogen-bond donors (Lipinski definition) is 0. The lowest BCUT2D eigenvalue weighted by molar-refractivity contribution is -0.0364. The SMILES string of the molecule is C[C@]12CCCCC1=CC[C@H]1[C@@H]3CCC[C@@]3(CCC#N)CC[C@@H]12. The topological polar surface area (TPSA) is 23.8 Å². The lowest BCUT2D eigenvalue weighted by Gasteiger charge is -2.57. The van der Waals surface area contributed by atoms with Gasteiger partial charge in [0.2, 0.25) is 0 Å². The summed E-state index contributed by atoms with van der Waals surface area (Å²) in [6, 6.07) is 2.44. The van der Waals surface area contributed by atoms with Crippen LogP contribution in [-0.2, 0) is 0 Å². The third kappa shape index (κ3) is 2.02. The van der Waals surface area contributed by atoms with Crippen molar-refractivity contribution in [1.29, 1.82) is 5.26 Å². The van der Waals surface area contributed by atoms with Crippen molar-refractivity contribution >= 4 is 0 Å². The Hall–Kier alpha value is -0.770. The molecule has 0 aliphatic heterocycles. The minimum absolute atomic E-state index is 0.533. The van der Waals surface area contributed by atoms with Crippen LogP contribution in [0.15, 0.2) is 11.6 Å². The lowest BCUT2D eigenvalue weighted by Crippen LogP contribution is -2.48. The summed E-state index contributed by atoms with van der Waals surface area (Å²) in [7, 11) is 0. The molecule has 0 aromatic rings. The fourth-order valence-corrected chi connectivity index (χ4v) is 7.23. The highest BCUT2D eigenvalue weighted by molar-refractivity contribution is 5.24. The van der Waals surface area contributed by atoms with E-state index in [4.69, 9.17) is 5.26 Å². The molecule has 0 saturated heterocycles. The van der Waals surface area contributed by atoms with Crippen LogP contribution >= 0.6 is 0 Å². The summed E-state index contributed by atoms with van der Waals surface area (Å²) in [6.07, 6.45) is 18.8. The molecule has 0 heterocycles. The number of hydrogen-bond acceptors (Lipinski definition) is 1. The van der Waals surface area contributed by atoms with Gasteiger partial charge < -0.3 is 0 Å². The summed E-state index contributed by atoms with van der Waals surface area (Å²) in [5, 5.41) is 9.08. The molecule has 0 radical (unpaired) electrons. The van der Waals surface area contributed by atoms with Crippen molar-refractivity contribution in [3.63, 3.8) is 0 Å². The molecule has 0 amide bonds. The summed E-state index contributed by atoms with van der Waals surface area (Å²) in [5.74, 6) is 2.81. The molecule has 0 aromatic carbocycles. The van der Waals surface area contributed by atoms with Gasteiger partial charge in [-0.1, -0.05) is 31.4 Å². The van der Waals surface area contributed by atoms with Crippen molar-refractivity contribution in [3.05, 3.63) is 11.6 Å². The average molecular weight is 297 g/mol. The zero-order chi connectivity index (χ0) is 15.2. The van der Waals surface area contributed by atoms with Gasteiger partial charge in [-0.05, 0) is 86.4 Å². The Morgan fingerprint density at radius 2 is 2.05 bits per heavy atom. The molecule has 120 valence electrons. The van der Waals surface area contributed by atoms with E-state index in [1.54, 1.807) is 0 Å². The van der Waals surface area contributed by atoms with E-state index in [0.29, 0.717) is 10.8 Å². The zero-order valence-corrected chi connectivity index (χ0v) is 14.2. The number of allylic oxidation sites excluding steroid dienone is 2. The van der Waals surface area contributed by atoms with Gasteiger partial charge in [-0.3, -0.25) is 0 Å². The van der Waals surface area contributed by atoms with E-state index in [9.17, 15) is 0 Å². The lowest BCUT2D eigenvalue weighted by atomic mass is 9.47. The molecule has 0 spiro atoms. The molecule has 4 aliphatic rings. The van der Waals surface area contributed by atoms with Gasteiger partial charge in [-0.2, -0.15) is 5.26 Å². The van der Waals surface area contributed by atoms with Gasteiger partial charge in [-0.15, -0.1) is 0 Å². The number of fused-ring (bicyclic) bond motifs is 5. The summed E-state index contributed by atoms with van der Waals surface area (Å²) in [4.78, 5) is 0. The summed E-state index contributed by atoms with van der Waals surface area (Å²) in [5.41, 5.74) is 2.90. The summed E-state index contributed by atoms with van der Waals surface area (Å²) in [6.45, 7) is 2.60. The van der Waals surface area contributed by atoms with E-state index < -0.39 is 0 Å². The van der Waals surface area contributed by atoms with E-state index in [-0.39, 0.29) is 0 Å². The number of nitriles is 1. The highest BCUT2D eigenvalue weighted by Crippen LogP contribution is 2.65. The average Bonchev–Trinajstić information content (AvgIpc) is 2.96. The van der Waals surface area contributed by atoms with Crippen molar-refractivity contribution < 1.29 is 0 Å². The maximum atomic E-state index is 9.08. The van der Waals surface area contributed by atoms with Crippen LogP contribution in [0.2, 0.25) is 0 Å². The van der Waals surface area contributed by atoms with E-state index in [1.165, 1.54) is 70.6 Å². The van der Waals surface area contributed by atoms with Crippen LogP contribution in [0.4, 0.5) is 0 Å². The molecular formula is C21H31N. The molecule has 1 nitrogen and oxygen atoms in total. The highest BCUT2D eigenvalue weighted by Gasteiger charge is 2.56. The van der Waals surface area contributed by atoms with E-state index in [0.717, 1.165) is 24.2 Å². The predicted octanol–water partition coefficient (Wildman–Crippen LogP) is 6.01. The Kier molecular flexibility index (Phi) is 3.63. The number of rotatable bonds is 2. The fourth-order valence-electron chi connectivity index (χ4n) is 7.23. The monoisotopic (exact) mass is 297 g/mol. The Morgan fingerprint density at radius 1 is 1.14 bits per heavy atom. The van der Waals surface area contributed by atoms with Gasteiger partial charge in [0.25, 0.3) is 0 Å². The standard InChI is InChI=1S/C21H31N/c1-20-11-3-2-6-16(20)8-9-17-18(20)10-14-21(13-5-15-22)12-4-7-19(17)21/h8,17-19H,2-7,9-14H2,1H3/t17-,18+,19+,20+,21-/m1/s1. The van der Waals surface area contributed by atoms with Gasteiger partial charge in [0.1, 0.15) is 0 Å². The first-order chi connectivity index (χ1) is 10.7. The minimum Gasteiger partial charge on any atom is -0.198 e. The molecule has 3 fully saturated rings. The second-order valence-electron chi connectivity index (χ2n) is 8.92. The second kappa shape index (κ2) is 5.40. The van der Waals surface area contributed by atoms with E-state index in [2.05, 4.69) is 19.1 Å². The van der Waals surface area contributed by atoms with E-state index in [1.807, 2.05) is 5.57 Å². The minimum atomic E-state index is 0.533. The van der Waals surface area contributed by atoms with Gasteiger partial charge in [-0.25, -0.2) is 0 Å². The first kappa shape index (κ1) is 14.8. The summed E-state index contributed by atoms with van der Waals surface area (Å²) >= 11 is 0. The van der Waals surface area contributed by atoms with Crippen LogP contribution in [0.25, 0.3) is 0 Å². The molecule has 4 aliphatic carbocycles. The third-order valence-electron chi connectivity index (χ3n) is 8.28. The highest BCUT2D eigenvalue weighted by atomic mass is 14.6. The normalized spacial score (nSPS) is 46.9. The first-order valence-electron chi connectivity index (χ1n) is 9.76. The van der Waals surface area contributed by atoms with Gasteiger partial charge in [0.15, 0.2) is 0 Å². The molecule has 0 bridgehead atoms. The van der Waals surface area contributed by atoms with Crippen molar-refractivity contribution in [3.8, 4) is 6.07 Å².